The van der Waals surface area contributed by atoms with Gasteiger partial charge < -0.3 is 20.3 Å². The van der Waals surface area contributed by atoms with Crippen molar-refractivity contribution < 1.29 is 24.1 Å². The number of hydrogen-bond donors (Lipinski definition) is 3. The summed E-state index contributed by atoms with van der Waals surface area (Å²) in [4.78, 5) is 14.5. The fourth-order valence-corrected chi connectivity index (χ4v) is 2.96. The lowest BCUT2D eigenvalue weighted by molar-refractivity contribution is -0.186. The highest BCUT2D eigenvalue weighted by Gasteiger charge is 2.39. The highest BCUT2D eigenvalue weighted by atomic mass is 35.5. The molecule has 28 heavy (non-hydrogen) atoms. The zero-order valence-corrected chi connectivity index (χ0v) is 16.2. The van der Waals surface area contributed by atoms with Crippen LogP contribution < -0.4 is 5.32 Å². The molecule has 2 aromatic rings. The SMILES string of the molecule is O=C(N[C@H](CF)[C@@H](O)c1ccc(-c2ccc(C3(O)COC3)nc2)cc1)C(Cl)Cl. The maximum Gasteiger partial charge on any atom is 0.253 e. The molecular weight excluding hydrogens is 410 g/mol. The number of aromatic nitrogens is 1. The largest absolute Gasteiger partial charge is 0.386 e. The summed E-state index contributed by atoms with van der Waals surface area (Å²) in [6, 6.07) is 9.17. The van der Waals surface area contributed by atoms with E-state index in [9.17, 15) is 19.4 Å². The number of aliphatic hydroxyl groups is 2. The number of nitrogens with one attached hydrogen (secondary N) is 1. The van der Waals surface area contributed by atoms with E-state index < -0.39 is 35.2 Å². The molecule has 1 aromatic heterocycles. The van der Waals surface area contributed by atoms with Crippen molar-refractivity contribution in [2.45, 2.75) is 22.6 Å². The number of nitrogens with zero attached hydrogens (tertiary/aromatic N) is 1. The molecule has 2 heterocycles. The first-order valence-corrected chi connectivity index (χ1v) is 9.41. The van der Waals surface area contributed by atoms with Crippen LogP contribution in [0.25, 0.3) is 11.1 Å². The van der Waals surface area contributed by atoms with Crippen LogP contribution in [0.5, 0.6) is 0 Å². The lowest BCUT2D eigenvalue weighted by atomic mass is 9.95. The van der Waals surface area contributed by atoms with E-state index in [1.165, 1.54) is 0 Å². The Hall–Kier alpha value is -1.77. The van der Waals surface area contributed by atoms with Gasteiger partial charge in [0.1, 0.15) is 12.8 Å². The molecule has 1 aromatic carbocycles. The molecule has 0 saturated carbocycles. The minimum absolute atomic E-state index is 0.229. The van der Waals surface area contributed by atoms with Crippen molar-refractivity contribution in [2.24, 2.45) is 0 Å². The third-order valence-electron chi connectivity index (χ3n) is 4.58. The molecule has 150 valence electrons. The predicted molar refractivity (Wildman–Crippen MR) is 103 cm³/mol. The molecule has 1 saturated heterocycles. The molecule has 0 aliphatic carbocycles. The molecule has 1 aliphatic rings. The molecular formula is C19H19Cl2FN2O4. The first-order valence-electron chi connectivity index (χ1n) is 8.53. The van der Waals surface area contributed by atoms with Gasteiger partial charge in [0.05, 0.1) is 24.9 Å². The topological polar surface area (TPSA) is 91.7 Å². The van der Waals surface area contributed by atoms with Crippen LogP contribution in [0.4, 0.5) is 4.39 Å². The van der Waals surface area contributed by atoms with Gasteiger partial charge in [-0.25, -0.2) is 4.39 Å². The van der Waals surface area contributed by atoms with E-state index in [0.29, 0.717) is 11.3 Å². The van der Waals surface area contributed by atoms with Crippen molar-refractivity contribution >= 4 is 29.1 Å². The molecule has 2 atom stereocenters. The number of alkyl halides is 3. The normalized spacial score (nSPS) is 17.6. The lowest BCUT2D eigenvalue weighted by Crippen LogP contribution is -2.47. The Morgan fingerprint density at radius 1 is 1.21 bits per heavy atom. The summed E-state index contributed by atoms with van der Waals surface area (Å²) in [5.74, 6) is -0.772. The van der Waals surface area contributed by atoms with Gasteiger partial charge >= 0.3 is 0 Å². The van der Waals surface area contributed by atoms with Gasteiger partial charge in [-0.05, 0) is 17.2 Å². The van der Waals surface area contributed by atoms with Crippen molar-refractivity contribution in [2.75, 3.05) is 19.9 Å². The first-order chi connectivity index (χ1) is 13.3. The number of aliphatic hydroxyl groups excluding tert-OH is 1. The number of pyridine rings is 1. The molecule has 1 aliphatic heterocycles. The van der Waals surface area contributed by atoms with Gasteiger partial charge in [0.15, 0.2) is 10.4 Å². The quantitative estimate of drug-likeness (QED) is 0.588. The fourth-order valence-electron chi connectivity index (χ4n) is 2.84. The van der Waals surface area contributed by atoms with E-state index in [1.54, 1.807) is 36.5 Å². The van der Waals surface area contributed by atoms with E-state index >= 15 is 0 Å². The molecule has 3 rings (SSSR count). The molecule has 0 unspecified atom stereocenters. The number of benzene rings is 1. The highest BCUT2D eigenvalue weighted by molar-refractivity contribution is 6.53. The number of hydrogen-bond acceptors (Lipinski definition) is 5. The predicted octanol–water partition coefficient (Wildman–Crippen LogP) is 2.26. The second kappa shape index (κ2) is 8.71. The van der Waals surface area contributed by atoms with Crippen LogP contribution in [0.2, 0.25) is 0 Å². The Balaban J connectivity index is 1.71. The molecule has 1 amide bonds. The van der Waals surface area contributed by atoms with E-state index in [-0.39, 0.29) is 13.2 Å². The summed E-state index contributed by atoms with van der Waals surface area (Å²) < 4.78 is 18.3. The Morgan fingerprint density at radius 3 is 2.32 bits per heavy atom. The molecule has 0 spiro atoms. The molecule has 3 N–H and O–H groups in total. The lowest BCUT2D eigenvalue weighted by Gasteiger charge is -2.35. The van der Waals surface area contributed by atoms with E-state index in [2.05, 4.69) is 10.3 Å². The molecule has 1 fully saturated rings. The number of carbonyl (C=O) groups excluding carboxylic acids is 1. The minimum Gasteiger partial charge on any atom is -0.386 e. The summed E-state index contributed by atoms with van der Waals surface area (Å²) in [5.41, 5.74) is 1.60. The van der Waals surface area contributed by atoms with Crippen LogP contribution >= 0.6 is 23.2 Å². The molecule has 0 radical (unpaired) electrons. The van der Waals surface area contributed by atoms with Crippen LogP contribution in [-0.2, 0) is 15.1 Å². The van der Waals surface area contributed by atoms with E-state index in [1.807, 2.05) is 6.07 Å². The smallest absolute Gasteiger partial charge is 0.253 e. The summed E-state index contributed by atoms with van der Waals surface area (Å²) in [6.07, 6.45) is 0.381. The average Bonchev–Trinajstić information content (AvgIpc) is 2.69. The van der Waals surface area contributed by atoms with Gasteiger partial charge in [-0.1, -0.05) is 53.5 Å². The maximum atomic E-state index is 13.2. The number of halogens is 3. The van der Waals surface area contributed by atoms with Crippen molar-refractivity contribution in [3.8, 4) is 11.1 Å². The number of amides is 1. The monoisotopic (exact) mass is 428 g/mol. The Bertz CT molecular complexity index is 814. The number of ether oxygens (including phenoxy) is 1. The Kier molecular flexibility index (Phi) is 6.52. The zero-order chi connectivity index (χ0) is 20.3. The molecule has 9 heteroatoms. The summed E-state index contributed by atoms with van der Waals surface area (Å²) in [5, 5.41) is 22.8. The van der Waals surface area contributed by atoms with Crippen LogP contribution in [0, 0.1) is 0 Å². The van der Waals surface area contributed by atoms with Gasteiger partial charge in [-0.15, -0.1) is 0 Å². The molecule has 6 nitrogen and oxygen atoms in total. The summed E-state index contributed by atoms with van der Waals surface area (Å²) in [6.45, 7) is -0.522. The first kappa shape index (κ1) is 21.0. The third-order valence-corrected chi connectivity index (χ3v) is 4.98. The van der Waals surface area contributed by atoms with Crippen molar-refractivity contribution in [3.63, 3.8) is 0 Å². The van der Waals surface area contributed by atoms with Crippen molar-refractivity contribution in [1.29, 1.82) is 0 Å². The summed E-state index contributed by atoms with van der Waals surface area (Å²) in [7, 11) is 0. The van der Waals surface area contributed by atoms with Gasteiger partial charge in [0, 0.05) is 11.8 Å². The fraction of sp³-hybridized carbons (Fsp3) is 0.368. The number of rotatable bonds is 7. The second-order valence-electron chi connectivity index (χ2n) is 6.59. The highest BCUT2D eigenvalue weighted by Crippen LogP contribution is 2.29. The third kappa shape index (κ3) is 4.45. The van der Waals surface area contributed by atoms with Crippen LogP contribution in [0.3, 0.4) is 0 Å². The maximum absolute atomic E-state index is 13.2. The van der Waals surface area contributed by atoms with Crippen LogP contribution in [-0.4, -0.2) is 51.9 Å². The minimum atomic E-state index is -1.34. The van der Waals surface area contributed by atoms with E-state index in [0.717, 1.165) is 11.1 Å². The summed E-state index contributed by atoms with van der Waals surface area (Å²) >= 11 is 10.9. The average molecular weight is 429 g/mol. The van der Waals surface area contributed by atoms with Gasteiger partial charge in [-0.3, -0.25) is 9.78 Å². The van der Waals surface area contributed by atoms with Gasteiger partial charge in [-0.2, -0.15) is 0 Å². The van der Waals surface area contributed by atoms with Gasteiger partial charge in [0.2, 0.25) is 0 Å². The van der Waals surface area contributed by atoms with Crippen molar-refractivity contribution in [1.82, 2.24) is 10.3 Å². The van der Waals surface area contributed by atoms with E-state index in [4.69, 9.17) is 27.9 Å². The Morgan fingerprint density at radius 2 is 1.86 bits per heavy atom. The van der Waals surface area contributed by atoms with Crippen LogP contribution in [0.1, 0.15) is 17.4 Å². The van der Waals surface area contributed by atoms with Crippen LogP contribution in [0.15, 0.2) is 42.6 Å². The second-order valence-corrected chi connectivity index (χ2v) is 7.69. The Labute approximate surface area is 171 Å². The van der Waals surface area contributed by atoms with Crippen molar-refractivity contribution in [3.05, 3.63) is 53.9 Å². The zero-order valence-electron chi connectivity index (χ0n) is 14.7. The van der Waals surface area contributed by atoms with Gasteiger partial charge in [0.25, 0.3) is 5.91 Å². The molecule has 0 bridgehead atoms. The standard InChI is InChI=1S/C19H19Cl2FN2O4/c20-17(21)18(26)24-14(7-22)16(25)12-3-1-11(2-4-12)13-5-6-15(23-8-13)19(27)9-28-10-19/h1-6,8,14,16-17,25,27H,7,9-10H2,(H,24,26)/t14-,16+/m1/s1. The number of carbonyl (C=O) groups is 1.